The Morgan fingerprint density at radius 1 is 0.789 bits per heavy atom. The molecule has 0 bridgehead atoms. The van der Waals surface area contributed by atoms with E-state index in [-0.39, 0.29) is 0 Å². The molecule has 1 rings (SSSR count). The summed E-state index contributed by atoms with van der Waals surface area (Å²) >= 11 is 0. The maximum atomic E-state index is 5.92. The Labute approximate surface area is 120 Å². The van der Waals surface area contributed by atoms with Gasteiger partial charge >= 0.3 is 0 Å². The molecule has 2 heteroatoms. The quantitative estimate of drug-likeness (QED) is 0.546. The van der Waals surface area contributed by atoms with E-state index in [0.717, 1.165) is 6.04 Å². The van der Waals surface area contributed by atoms with Crippen molar-refractivity contribution in [1.82, 2.24) is 5.32 Å². The summed E-state index contributed by atoms with van der Waals surface area (Å²) in [6.45, 7) is 3.50. The van der Waals surface area contributed by atoms with E-state index in [4.69, 9.17) is 5.73 Å². The molecule has 1 saturated carbocycles. The molecular weight excluding hydrogens is 232 g/mol. The normalized spacial score (nSPS) is 23.7. The molecule has 19 heavy (non-hydrogen) atoms. The number of hydrogen-bond donors (Lipinski definition) is 2. The van der Waals surface area contributed by atoms with Crippen molar-refractivity contribution >= 4 is 0 Å². The van der Waals surface area contributed by atoms with Gasteiger partial charge in [-0.25, -0.2) is 0 Å². The highest BCUT2D eigenvalue weighted by molar-refractivity contribution is 4.78. The molecule has 0 radical (unpaired) electrons. The molecule has 0 amide bonds. The molecule has 1 aliphatic rings. The summed E-state index contributed by atoms with van der Waals surface area (Å²) in [5, 5.41) is 3.71. The molecule has 0 saturated heterocycles. The molecule has 0 aromatic carbocycles. The van der Waals surface area contributed by atoms with Crippen LogP contribution >= 0.6 is 0 Å². The Hall–Kier alpha value is -0.0800. The second kappa shape index (κ2) is 11.7. The summed E-state index contributed by atoms with van der Waals surface area (Å²) in [6.07, 6.45) is 17.8. The fourth-order valence-electron chi connectivity index (χ4n) is 3.07. The van der Waals surface area contributed by atoms with Crippen molar-refractivity contribution in [2.75, 3.05) is 6.54 Å². The van der Waals surface area contributed by atoms with Crippen LogP contribution in [0.4, 0.5) is 0 Å². The minimum atomic E-state index is 0.478. The Morgan fingerprint density at radius 3 is 1.89 bits per heavy atom. The molecule has 1 aliphatic carbocycles. The Morgan fingerprint density at radius 2 is 1.32 bits per heavy atom. The molecule has 114 valence electrons. The zero-order valence-corrected chi connectivity index (χ0v) is 13.1. The molecule has 0 aromatic rings. The molecule has 0 aromatic heterocycles. The molecule has 0 heterocycles. The summed E-state index contributed by atoms with van der Waals surface area (Å²) in [7, 11) is 0. The van der Waals surface area contributed by atoms with Gasteiger partial charge < -0.3 is 11.1 Å². The van der Waals surface area contributed by atoms with Crippen LogP contribution < -0.4 is 11.1 Å². The fourth-order valence-corrected chi connectivity index (χ4v) is 3.07. The smallest absolute Gasteiger partial charge is 0.00682 e. The SMILES string of the molecule is CCCCCCCCCCCNC1CCC(N)CC1. The van der Waals surface area contributed by atoms with E-state index in [2.05, 4.69) is 12.2 Å². The summed E-state index contributed by atoms with van der Waals surface area (Å²) in [4.78, 5) is 0. The minimum absolute atomic E-state index is 0.478. The highest BCUT2D eigenvalue weighted by atomic mass is 14.9. The number of rotatable bonds is 11. The van der Waals surface area contributed by atoms with Crippen LogP contribution in [0.3, 0.4) is 0 Å². The van der Waals surface area contributed by atoms with Gasteiger partial charge in [0.05, 0.1) is 0 Å². The standard InChI is InChI=1S/C17H36N2/c1-2-3-4-5-6-7-8-9-10-15-19-17-13-11-16(18)12-14-17/h16-17,19H,2-15,18H2,1H3. The van der Waals surface area contributed by atoms with Crippen LogP contribution in [0.25, 0.3) is 0 Å². The van der Waals surface area contributed by atoms with Gasteiger partial charge in [0.25, 0.3) is 0 Å². The number of nitrogens with two attached hydrogens (primary N) is 1. The third-order valence-corrected chi connectivity index (χ3v) is 4.49. The van der Waals surface area contributed by atoms with Crippen LogP contribution in [-0.2, 0) is 0 Å². The molecule has 0 atom stereocenters. The van der Waals surface area contributed by atoms with Gasteiger partial charge in [-0.05, 0) is 38.6 Å². The number of unbranched alkanes of at least 4 members (excludes halogenated alkanes) is 8. The topological polar surface area (TPSA) is 38.0 Å². The minimum Gasteiger partial charge on any atom is -0.328 e. The van der Waals surface area contributed by atoms with Crippen molar-refractivity contribution < 1.29 is 0 Å². The lowest BCUT2D eigenvalue weighted by atomic mass is 9.92. The van der Waals surface area contributed by atoms with Crippen LogP contribution in [0.15, 0.2) is 0 Å². The summed E-state index contributed by atoms with van der Waals surface area (Å²) in [5.41, 5.74) is 5.92. The maximum Gasteiger partial charge on any atom is 0.00682 e. The van der Waals surface area contributed by atoms with Gasteiger partial charge in [0.15, 0.2) is 0 Å². The lowest BCUT2D eigenvalue weighted by Gasteiger charge is -2.26. The van der Waals surface area contributed by atoms with Crippen LogP contribution in [-0.4, -0.2) is 18.6 Å². The molecule has 2 nitrogen and oxygen atoms in total. The molecular formula is C17H36N2. The predicted molar refractivity (Wildman–Crippen MR) is 85.5 cm³/mol. The largest absolute Gasteiger partial charge is 0.328 e. The van der Waals surface area contributed by atoms with Crippen LogP contribution in [0, 0.1) is 0 Å². The van der Waals surface area contributed by atoms with E-state index in [1.807, 2.05) is 0 Å². The van der Waals surface area contributed by atoms with E-state index in [9.17, 15) is 0 Å². The summed E-state index contributed by atoms with van der Waals surface area (Å²) in [6, 6.07) is 1.24. The second-order valence-corrected chi connectivity index (χ2v) is 6.39. The lowest BCUT2D eigenvalue weighted by Crippen LogP contribution is -2.37. The van der Waals surface area contributed by atoms with Crippen molar-refractivity contribution in [3.8, 4) is 0 Å². The first kappa shape index (κ1) is 17.0. The Kier molecular flexibility index (Phi) is 10.5. The van der Waals surface area contributed by atoms with Gasteiger partial charge in [-0.1, -0.05) is 58.3 Å². The average molecular weight is 268 g/mol. The van der Waals surface area contributed by atoms with E-state index in [1.54, 1.807) is 0 Å². The molecule has 0 unspecified atom stereocenters. The monoisotopic (exact) mass is 268 g/mol. The molecule has 1 fully saturated rings. The van der Waals surface area contributed by atoms with Gasteiger partial charge in [0.2, 0.25) is 0 Å². The van der Waals surface area contributed by atoms with Gasteiger partial charge in [-0.2, -0.15) is 0 Å². The third kappa shape index (κ3) is 9.45. The molecule has 0 spiro atoms. The molecule has 0 aliphatic heterocycles. The lowest BCUT2D eigenvalue weighted by molar-refractivity contribution is 0.340. The van der Waals surface area contributed by atoms with Crippen molar-refractivity contribution in [1.29, 1.82) is 0 Å². The van der Waals surface area contributed by atoms with Crippen molar-refractivity contribution in [3.05, 3.63) is 0 Å². The Bertz CT molecular complexity index is 186. The summed E-state index contributed by atoms with van der Waals surface area (Å²) < 4.78 is 0. The zero-order chi connectivity index (χ0) is 13.8. The van der Waals surface area contributed by atoms with Gasteiger partial charge in [-0.3, -0.25) is 0 Å². The zero-order valence-electron chi connectivity index (χ0n) is 13.1. The van der Waals surface area contributed by atoms with Crippen LogP contribution in [0.5, 0.6) is 0 Å². The second-order valence-electron chi connectivity index (χ2n) is 6.39. The first-order valence-corrected chi connectivity index (χ1v) is 8.82. The van der Waals surface area contributed by atoms with Crippen LogP contribution in [0.1, 0.15) is 90.4 Å². The predicted octanol–water partition coefficient (Wildman–Crippen LogP) is 4.38. The van der Waals surface area contributed by atoms with Crippen molar-refractivity contribution in [2.24, 2.45) is 5.73 Å². The number of hydrogen-bond acceptors (Lipinski definition) is 2. The van der Waals surface area contributed by atoms with Gasteiger partial charge in [-0.15, -0.1) is 0 Å². The fraction of sp³-hybridized carbons (Fsp3) is 1.00. The van der Waals surface area contributed by atoms with Gasteiger partial charge in [0.1, 0.15) is 0 Å². The number of nitrogens with one attached hydrogen (secondary N) is 1. The van der Waals surface area contributed by atoms with E-state index < -0.39 is 0 Å². The average Bonchev–Trinajstić information content (AvgIpc) is 2.43. The Balaban J connectivity index is 1.76. The van der Waals surface area contributed by atoms with Crippen molar-refractivity contribution in [3.63, 3.8) is 0 Å². The van der Waals surface area contributed by atoms with Crippen LogP contribution in [0.2, 0.25) is 0 Å². The van der Waals surface area contributed by atoms with E-state index in [0.29, 0.717) is 6.04 Å². The highest BCUT2D eigenvalue weighted by Crippen LogP contribution is 2.17. The molecule has 3 N–H and O–H groups in total. The third-order valence-electron chi connectivity index (χ3n) is 4.49. The van der Waals surface area contributed by atoms with Crippen molar-refractivity contribution in [2.45, 2.75) is 102 Å². The van der Waals surface area contributed by atoms with Gasteiger partial charge in [0, 0.05) is 12.1 Å². The highest BCUT2D eigenvalue weighted by Gasteiger charge is 2.17. The van der Waals surface area contributed by atoms with E-state index >= 15 is 0 Å². The summed E-state index contributed by atoms with van der Waals surface area (Å²) in [5.74, 6) is 0. The maximum absolute atomic E-state index is 5.92. The van der Waals surface area contributed by atoms with E-state index in [1.165, 1.54) is 90.0 Å². The first-order valence-electron chi connectivity index (χ1n) is 8.82. The first-order chi connectivity index (χ1) is 9.33.